The fourth-order valence-electron chi connectivity index (χ4n) is 5.11. The summed E-state index contributed by atoms with van der Waals surface area (Å²) in [5, 5.41) is 15.4. The third-order valence-corrected chi connectivity index (χ3v) is 8.22. The summed E-state index contributed by atoms with van der Waals surface area (Å²) in [4.78, 5) is 25.7. The molecule has 3 N–H and O–H groups in total. The number of sulfone groups is 1. The number of carbonyl (C=O) groups is 2. The van der Waals surface area contributed by atoms with Gasteiger partial charge in [0.25, 0.3) is 5.91 Å². The molecule has 0 radical (unpaired) electrons. The highest BCUT2D eigenvalue weighted by Gasteiger charge is 2.41. The number of aliphatic hydroxyl groups is 1. The molecule has 1 fully saturated rings. The van der Waals surface area contributed by atoms with Crippen LogP contribution in [0.1, 0.15) is 66.4 Å². The molecule has 0 saturated heterocycles. The van der Waals surface area contributed by atoms with Gasteiger partial charge in [0.2, 0.25) is 5.91 Å². The number of hydrogen-bond donors (Lipinski definition) is 3. The number of unbranched alkanes of at least 4 members (excludes halogenated alkanes) is 1. The van der Waals surface area contributed by atoms with Gasteiger partial charge in [-0.15, -0.1) is 0 Å². The van der Waals surface area contributed by atoms with Crippen molar-refractivity contribution in [1.82, 2.24) is 5.32 Å². The number of halogens is 3. The highest BCUT2D eigenvalue weighted by atomic mass is 32.2. The van der Waals surface area contributed by atoms with Crippen molar-refractivity contribution in [2.24, 2.45) is 5.41 Å². The van der Waals surface area contributed by atoms with Gasteiger partial charge < -0.3 is 15.7 Å². The Labute approximate surface area is 227 Å². The smallest absolute Gasteiger partial charge is 0.394 e. The van der Waals surface area contributed by atoms with Gasteiger partial charge in [-0.3, -0.25) is 9.59 Å². The predicted octanol–water partition coefficient (Wildman–Crippen LogP) is 4.75. The van der Waals surface area contributed by atoms with Crippen molar-refractivity contribution in [2.45, 2.75) is 63.6 Å². The van der Waals surface area contributed by atoms with Crippen LogP contribution in [0.3, 0.4) is 0 Å². The minimum absolute atomic E-state index is 0.0925. The minimum atomic E-state index is -4.66. The molecule has 2 aromatic carbocycles. The summed E-state index contributed by atoms with van der Waals surface area (Å²) >= 11 is 0. The number of anilines is 1. The van der Waals surface area contributed by atoms with E-state index in [-0.39, 0.29) is 18.3 Å². The van der Waals surface area contributed by atoms with Gasteiger partial charge in [-0.1, -0.05) is 43.5 Å². The molecule has 0 bridgehead atoms. The molecular weight excluding hydrogens is 533 g/mol. The van der Waals surface area contributed by atoms with Crippen molar-refractivity contribution in [2.75, 3.05) is 23.9 Å². The van der Waals surface area contributed by atoms with E-state index in [2.05, 4.69) is 10.6 Å². The highest BCUT2D eigenvalue weighted by Crippen LogP contribution is 2.42. The molecule has 1 unspecified atom stereocenters. The maximum atomic E-state index is 13.3. The average molecular weight is 569 g/mol. The van der Waals surface area contributed by atoms with E-state index in [0.29, 0.717) is 31.4 Å². The van der Waals surface area contributed by atoms with Crippen LogP contribution in [0.4, 0.5) is 18.9 Å². The second kappa shape index (κ2) is 13.0. The van der Waals surface area contributed by atoms with E-state index >= 15 is 0 Å². The molecule has 0 aliphatic heterocycles. The lowest BCUT2D eigenvalue weighted by atomic mass is 9.80. The van der Waals surface area contributed by atoms with E-state index < -0.39 is 44.5 Å². The number of hydrogen-bond acceptors (Lipinski definition) is 5. The van der Waals surface area contributed by atoms with E-state index in [9.17, 15) is 36.3 Å². The summed E-state index contributed by atoms with van der Waals surface area (Å²) in [6.07, 6.45) is 1.87. The summed E-state index contributed by atoms with van der Waals surface area (Å²) in [7, 11) is -3.05. The second-order valence-corrected chi connectivity index (χ2v) is 12.6. The van der Waals surface area contributed by atoms with Crippen LogP contribution in [-0.4, -0.2) is 50.0 Å². The predicted molar refractivity (Wildman–Crippen MR) is 143 cm³/mol. The SMILES string of the molecule is CS(=O)(=O)CCCCC1(C(=O)NC(CO)Cc2ccc(NC(=O)c3ccccc3C(F)(F)F)cc2)CCCC1. The molecule has 3 rings (SSSR count). The Morgan fingerprint density at radius 2 is 1.67 bits per heavy atom. The molecule has 214 valence electrons. The minimum Gasteiger partial charge on any atom is -0.394 e. The summed E-state index contributed by atoms with van der Waals surface area (Å²) in [6.45, 7) is -0.289. The number of nitrogens with one attached hydrogen (secondary N) is 2. The molecule has 1 aliphatic rings. The number of benzene rings is 2. The average Bonchev–Trinajstić information content (AvgIpc) is 3.36. The van der Waals surface area contributed by atoms with Gasteiger partial charge in [0, 0.05) is 23.1 Å². The van der Waals surface area contributed by atoms with Crippen LogP contribution >= 0.6 is 0 Å². The van der Waals surface area contributed by atoms with Gasteiger partial charge in [0.15, 0.2) is 0 Å². The van der Waals surface area contributed by atoms with Crippen LogP contribution in [0.2, 0.25) is 0 Å². The Morgan fingerprint density at radius 3 is 2.26 bits per heavy atom. The van der Waals surface area contributed by atoms with Gasteiger partial charge in [-0.25, -0.2) is 8.42 Å². The van der Waals surface area contributed by atoms with Gasteiger partial charge in [-0.2, -0.15) is 13.2 Å². The molecule has 0 spiro atoms. The first-order chi connectivity index (χ1) is 18.3. The topological polar surface area (TPSA) is 113 Å². The molecule has 0 aromatic heterocycles. The summed E-state index contributed by atoms with van der Waals surface area (Å²) < 4.78 is 62.5. The Bertz CT molecular complexity index is 1240. The van der Waals surface area contributed by atoms with Crippen LogP contribution in [0.25, 0.3) is 0 Å². The van der Waals surface area contributed by atoms with Gasteiger partial charge >= 0.3 is 6.18 Å². The lowest BCUT2D eigenvalue weighted by molar-refractivity contribution is -0.138. The summed E-state index contributed by atoms with van der Waals surface area (Å²) in [5.41, 5.74) is -0.988. The first-order valence-electron chi connectivity index (χ1n) is 13.0. The number of rotatable bonds is 12. The third kappa shape index (κ3) is 8.79. The Morgan fingerprint density at radius 1 is 1.03 bits per heavy atom. The molecular formula is C28H35F3N2O5S. The first kappa shape index (κ1) is 30.6. The zero-order chi connectivity index (χ0) is 28.7. The number of amides is 2. The van der Waals surface area contributed by atoms with Crippen LogP contribution in [-0.2, 0) is 27.2 Å². The quantitative estimate of drug-likeness (QED) is 0.320. The number of aliphatic hydroxyl groups excluding tert-OH is 1. The van der Waals surface area contributed by atoms with E-state index in [4.69, 9.17) is 0 Å². The Hall–Kier alpha value is -2.92. The second-order valence-electron chi connectivity index (χ2n) is 10.3. The molecule has 39 heavy (non-hydrogen) atoms. The molecule has 2 aromatic rings. The molecule has 2 amide bonds. The van der Waals surface area contributed by atoms with E-state index in [1.165, 1.54) is 18.4 Å². The molecule has 1 aliphatic carbocycles. The van der Waals surface area contributed by atoms with Gasteiger partial charge in [-0.05, 0) is 61.9 Å². The number of alkyl halides is 3. The fraction of sp³-hybridized carbons (Fsp3) is 0.500. The normalized spacial score (nSPS) is 16.0. The lowest BCUT2D eigenvalue weighted by Gasteiger charge is -2.30. The van der Waals surface area contributed by atoms with Crippen LogP contribution in [0.15, 0.2) is 48.5 Å². The van der Waals surface area contributed by atoms with Crippen molar-refractivity contribution in [3.63, 3.8) is 0 Å². The zero-order valence-corrected chi connectivity index (χ0v) is 22.7. The lowest BCUT2D eigenvalue weighted by Crippen LogP contribution is -2.46. The van der Waals surface area contributed by atoms with Crippen molar-refractivity contribution in [1.29, 1.82) is 0 Å². The molecule has 7 nitrogen and oxygen atoms in total. The molecule has 1 saturated carbocycles. The number of carbonyl (C=O) groups excluding carboxylic acids is 2. The van der Waals surface area contributed by atoms with E-state index in [0.717, 1.165) is 43.4 Å². The molecule has 0 heterocycles. The van der Waals surface area contributed by atoms with E-state index in [1.807, 2.05) is 0 Å². The van der Waals surface area contributed by atoms with Crippen LogP contribution in [0, 0.1) is 5.41 Å². The van der Waals surface area contributed by atoms with E-state index in [1.54, 1.807) is 24.3 Å². The largest absolute Gasteiger partial charge is 0.417 e. The van der Waals surface area contributed by atoms with Crippen molar-refractivity contribution < 1.29 is 36.3 Å². The first-order valence-corrected chi connectivity index (χ1v) is 15.1. The zero-order valence-electron chi connectivity index (χ0n) is 21.9. The van der Waals surface area contributed by atoms with Crippen molar-refractivity contribution >= 4 is 27.3 Å². The standard InChI is InChI=1S/C28H35F3N2O5S/c1-39(37,38)17-7-6-16-27(14-4-5-15-27)26(36)33-22(19-34)18-20-10-12-21(13-11-20)32-25(35)23-8-2-3-9-24(23)28(29,30)31/h2-3,8-13,22,34H,4-7,14-19H2,1H3,(H,32,35)(H,33,36). The monoisotopic (exact) mass is 568 g/mol. The summed E-state index contributed by atoms with van der Waals surface area (Å²) in [5.74, 6) is -0.921. The van der Waals surface area contributed by atoms with Crippen molar-refractivity contribution in [3.05, 3.63) is 65.2 Å². The van der Waals surface area contributed by atoms with Crippen LogP contribution < -0.4 is 10.6 Å². The fourth-order valence-corrected chi connectivity index (χ4v) is 5.83. The summed E-state index contributed by atoms with van der Waals surface area (Å²) in [6, 6.07) is 10.5. The maximum absolute atomic E-state index is 13.3. The highest BCUT2D eigenvalue weighted by molar-refractivity contribution is 7.90. The molecule has 11 heteroatoms. The van der Waals surface area contributed by atoms with Gasteiger partial charge in [0.05, 0.1) is 23.8 Å². The van der Waals surface area contributed by atoms with Gasteiger partial charge in [0.1, 0.15) is 9.84 Å². The Balaban J connectivity index is 1.59. The van der Waals surface area contributed by atoms with Crippen molar-refractivity contribution in [3.8, 4) is 0 Å². The molecule has 1 atom stereocenters. The Kier molecular flexibility index (Phi) is 10.2. The maximum Gasteiger partial charge on any atom is 0.417 e. The van der Waals surface area contributed by atoms with Crippen LogP contribution in [0.5, 0.6) is 0 Å². The third-order valence-electron chi connectivity index (χ3n) is 7.19.